The van der Waals surface area contributed by atoms with Crippen molar-refractivity contribution in [3.8, 4) is 0 Å². The molecule has 1 fully saturated rings. The zero-order valence-electron chi connectivity index (χ0n) is 14.9. The molecule has 0 unspecified atom stereocenters. The first-order valence-corrected chi connectivity index (χ1v) is 9.31. The molecule has 1 saturated carbocycles. The summed E-state index contributed by atoms with van der Waals surface area (Å²) in [6.45, 7) is 2.08. The lowest BCUT2D eigenvalue weighted by atomic mass is 9.72. The Kier molecular flexibility index (Phi) is 4.27. The number of fused-ring (bicyclic) bond motifs is 2. The first-order chi connectivity index (χ1) is 12.6. The molecule has 5 heteroatoms. The average Bonchev–Trinajstić information content (AvgIpc) is 3.08. The van der Waals surface area contributed by atoms with Crippen molar-refractivity contribution >= 4 is 17.5 Å². The van der Waals surface area contributed by atoms with Crippen LogP contribution < -0.4 is 0 Å². The summed E-state index contributed by atoms with van der Waals surface area (Å²) in [5.74, 6) is -0.519. The van der Waals surface area contributed by atoms with E-state index in [4.69, 9.17) is 9.47 Å². The zero-order chi connectivity index (χ0) is 18.3. The summed E-state index contributed by atoms with van der Waals surface area (Å²) < 4.78 is 11.4. The highest BCUT2D eigenvalue weighted by Gasteiger charge is 2.51. The molecule has 0 aromatic heterocycles. The van der Waals surface area contributed by atoms with E-state index in [9.17, 15) is 14.4 Å². The highest BCUT2D eigenvalue weighted by molar-refractivity contribution is 6.27. The Hall–Kier alpha value is -2.27. The van der Waals surface area contributed by atoms with Crippen molar-refractivity contribution in [2.24, 2.45) is 0 Å². The summed E-state index contributed by atoms with van der Waals surface area (Å²) in [6.07, 6.45) is 3.30. The van der Waals surface area contributed by atoms with Gasteiger partial charge in [-0.3, -0.25) is 14.4 Å². The quantitative estimate of drug-likeness (QED) is 0.778. The van der Waals surface area contributed by atoms with Gasteiger partial charge >= 0.3 is 5.97 Å². The zero-order valence-corrected chi connectivity index (χ0v) is 14.9. The van der Waals surface area contributed by atoms with Crippen LogP contribution in [0.3, 0.4) is 0 Å². The maximum absolute atomic E-state index is 13.2. The summed E-state index contributed by atoms with van der Waals surface area (Å²) in [4.78, 5) is 38.3. The molecular weight excluding hydrogens is 332 g/mol. The van der Waals surface area contributed by atoms with Crippen molar-refractivity contribution in [2.45, 2.75) is 57.2 Å². The number of ketones is 2. The van der Waals surface area contributed by atoms with Crippen molar-refractivity contribution in [2.75, 3.05) is 6.61 Å². The predicted octanol–water partition coefficient (Wildman–Crippen LogP) is 3.42. The van der Waals surface area contributed by atoms with Crippen molar-refractivity contribution in [3.63, 3.8) is 0 Å². The Morgan fingerprint density at radius 1 is 1.15 bits per heavy atom. The number of carbonyl (C=O) groups excluding carboxylic acids is 3. The Bertz CT molecular complexity index is 813. The number of Topliss-reactive ketones (excluding diaryl/α,β-unsaturated/α-hetero) is 2. The van der Waals surface area contributed by atoms with Gasteiger partial charge in [0.1, 0.15) is 0 Å². The molecule has 4 rings (SSSR count). The predicted molar refractivity (Wildman–Crippen MR) is 94.1 cm³/mol. The second kappa shape index (κ2) is 6.47. The van der Waals surface area contributed by atoms with E-state index < -0.39 is 11.7 Å². The minimum Gasteiger partial charge on any atom is -0.466 e. The smallest absolute Gasteiger partial charge is 0.308 e. The van der Waals surface area contributed by atoms with Gasteiger partial charge in [0.15, 0.2) is 11.6 Å². The number of carbonyl (C=O) groups is 3. The standard InChI is InChI=1S/C21H22O5/c1-2-25-17(22)12-13-11-16-18(21(26-13)9-5-6-10-21)20(24)15-8-4-3-7-14(15)19(16)23/h3-4,7-8,13H,2,5-6,9-12H2,1H3/t13-/m0/s1. The van der Waals surface area contributed by atoms with Gasteiger partial charge in [0.25, 0.3) is 0 Å². The molecule has 1 aromatic rings. The van der Waals surface area contributed by atoms with E-state index in [1.807, 2.05) is 0 Å². The van der Waals surface area contributed by atoms with E-state index in [1.54, 1.807) is 31.2 Å². The molecule has 1 spiro atoms. The molecule has 1 heterocycles. The normalized spacial score (nSPS) is 23.8. The molecule has 0 bridgehead atoms. The Morgan fingerprint density at radius 3 is 2.46 bits per heavy atom. The first-order valence-electron chi connectivity index (χ1n) is 9.31. The maximum Gasteiger partial charge on any atom is 0.308 e. The number of hydrogen-bond donors (Lipinski definition) is 0. The summed E-state index contributed by atoms with van der Waals surface area (Å²) in [5.41, 5.74) is 1.27. The average molecular weight is 354 g/mol. The van der Waals surface area contributed by atoms with E-state index in [1.165, 1.54) is 0 Å². The number of hydrogen-bond acceptors (Lipinski definition) is 5. The van der Waals surface area contributed by atoms with E-state index in [0.29, 0.717) is 41.7 Å². The van der Waals surface area contributed by atoms with Gasteiger partial charge in [-0.2, -0.15) is 0 Å². The Morgan fingerprint density at radius 2 is 1.81 bits per heavy atom. The molecule has 5 nitrogen and oxygen atoms in total. The van der Waals surface area contributed by atoms with Gasteiger partial charge in [-0.25, -0.2) is 0 Å². The molecule has 0 saturated heterocycles. The highest BCUT2D eigenvalue weighted by atomic mass is 16.5. The molecule has 1 aliphatic heterocycles. The molecule has 3 aliphatic rings. The lowest BCUT2D eigenvalue weighted by Crippen LogP contribution is -2.47. The fourth-order valence-corrected chi connectivity index (χ4v) is 4.58. The molecule has 0 radical (unpaired) electrons. The van der Waals surface area contributed by atoms with Crippen LogP contribution in [0.25, 0.3) is 0 Å². The summed E-state index contributed by atoms with van der Waals surface area (Å²) >= 11 is 0. The van der Waals surface area contributed by atoms with Gasteiger partial charge in [0.05, 0.1) is 24.7 Å². The van der Waals surface area contributed by atoms with E-state index >= 15 is 0 Å². The van der Waals surface area contributed by atoms with Gasteiger partial charge in [0, 0.05) is 28.7 Å². The highest BCUT2D eigenvalue weighted by Crippen LogP contribution is 2.49. The van der Waals surface area contributed by atoms with Crippen LogP contribution in [0.15, 0.2) is 35.4 Å². The lowest BCUT2D eigenvalue weighted by Gasteiger charge is -2.42. The monoisotopic (exact) mass is 354 g/mol. The third-order valence-electron chi connectivity index (χ3n) is 5.61. The molecule has 1 atom stereocenters. The van der Waals surface area contributed by atoms with Crippen LogP contribution in [0.4, 0.5) is 0 Å². The summed E-state index contributed by atoms with van der Waals surface area (Å²) in [6, 6.07) is 6.98. The van der Waals surface area contributed by atoms with Gasteiger partial charge in [-0.05, 0) is 19.8 Å². The van der Waals surface area contributed by atoms with Gasteiger partial charge < -0.3 is 9.47 Å². The van der Waals surface area contributed by atoms with Gasteiger partial charge in [0.2, 0.25) is 0 Å². The fourth-order valence-electron chi connectivity index (χ4n) is 4.58. The van der Waals surface area contributed by atoms with Gasteiger partial charge in [-0.15, -0.1) is 0 Å². The van der Waals surface area contributed by atoms with Gasteiger partial charge in [-0.1, -0.05) is 37.1 Å². The fraction of sp³-hybridized carbons (Fsp3) is 0.476. The van der Waals surface area contributed by atoms with Crippen molar-refractivity contribution < 1.29 is 23.9 Å². The number of ether oxygens (including phenoxy) is 2. The topological polar surface area (TPSA) is 69.7 Å². The van der Waals surface area contributed by atoms with Crippen LogP contribution in [-0.4, -0.2) is 35.8 Å². The second-order valence-corrected chi connectivity index (χ2v) is 7.21. The van der Waals surface area contributed by atoms with Crippen LogP contribution in [0.1, 0.15) is 66.2 Å². The van der Waals surface area contributed by atoms with Crippen LogP contribution in [0, 0.1) is 0 Å². The third-order valence-corrected chi connectivity index (χ3v) is 5.61. The summed E-state index contributed by atoms with van der Waals surface area (Å²) in [7, 11) is 0. The molecular formula is C21H22O5. The minimum atomic E-state index is -0.731. The molecule has 136 valence electrons. The number of rotatable bonds is 3. The molecule has 0 N–H and O–H groups in total. The SMILES string of the molecule is CCOC(=O)C[C@@H]1CC2=C(C(=O)c3ccccc3C2=O)C2(CCCC2)O1. The third kappa shape index (κ3) is 2.62. The van der Waals surface area contributed by atoms with Crippen molar-refractivity contribution in [1.29, 1.82) is 0 Å². The maximum atomic E-state index is 13.2. The van der Waals surface area contributed by atoms with Crippen LogP contribution in [0.2, 0.25) is 0 Å². The van der Waals surface area contributed by atoms with Crippen LogP contribution in [-0.2, 0) is 14.3 Å². The van der Waals surface area contributed by atoms with E-state index in [0.717, 1.165) is 12.8 Å². The molecule has 26 heavy (non-hydrogen) atoms. The summed E-state index contributed by atoms with van der Waals surface area (Å²) in [5, 5.41) is 0. The van der Waals surface area contributed by atoms with Crippen LogP contribution in [0.5, 0.6) is 0 Å². The van der Waals surface area contributed by atoms with Crippen molar-refractivity contribution in [3.05, 3.63) is 46.5 Å². The number of benzene rings is 1. The lowest BCUT2D eigenvalue weighted by molar-refractivity contribution is -0.150. The number of esters is 1. The van der Waals surface area contributed by atoms with Crippen molar-refractivity contribution in [1.82, 2.24) is 0 Å². The molecule has 0 amide bonds. The Labute approximate surface area is 152 Å². The second-order valence-electron chi connectivity index (χ2n) is 7.21. The Balaban J connectivity index is 1.76. The largest absolute Gasteiger partial charge is 0.466 e. The van der Waals surface area contributed by atoms with E-state index in [-0.39, 0.29) is 30.4 Å². The first kappa shape index (κ1) is 17.2. The van der Waals surface area contributed by atoms with E-state index in [2.05, 4.69) is 0 Å². The van der Waals surface area contributed by atoms with Crippen LogP contribution >= 0.6 is 0 Å². The molecule has 1 aromatic carbocycles. The molecule has 2 aliphatic carbocycles. The minimum absolute atomic E-state index is 0.0910.